The number of benzene rings is 2. The second kappa shape index (κ2) is 5.72. The van der Waals surface area contributed by atoms with E-state index in [4.69, 9.17) is 9.47 Å². The van der Waals surface area contributed by atoms with E-state index in [1.807, 2.05) is 0 Å². The number of hydrogen-bond donors (Lipinski definition) is 2. The zero-order valence-electron chi connectivity index (χ0n) is 12.1. The Kier molecular flexibility index (Phi) is 3.61. The molecule has 1 aromatic heterocycles. The van der Waals surface area contributed by atoms with Gasteiger partial charge in [-0.15, -0.1) is 0 Å². The molecule has 0 saturated carbocycles. The molecule has 0 aliphatic heterocycles. The largest absolute Gasteiger partial charge is 0.497 e. The first-order chi connectivity index (χ1) is 10.7. The summed E-state index contributed by atoms with van der Waals surface area (Å²) in [5.74, 6) is 0.919. The standard InChI is InChI=1S/C15H14N4O3/c1-21-10-4-6-12(14(8-10)22-2)16-15(20)9-3-5-11-13(7-9)18-19-17-11/h3-8H,1-2H3,(H,16,20)(H,17,18,19). The van der Waals surface area contributed by atoms with Gasteiger partial charge in [0.05, 0.1) is 19.9 Å². The Morgan fingerprint density at radius 2 is 1.86 bits per heavy atom. The van der Waals surface area contributed by atoms with E-state index in [1.165, 1.54) is 7.11 Å². The maximum atomic E-state index is 12.3. The predicted molar refractivity (Wildman–Crippen MR) is 81.4 cm³/mol. The van der Waals surface area contributed by atoms with Crippen molar-refractivity contribution in [2.45, 2.75) is 0 Å². The third kappa shape index (κ3) is 2.56. The number of amides is 1. The summed E-state index contributed by atoms with van der Waals surface area (Å²) in [5, 5.41) is 13.2. The number of anilines is 1. The minimum atomic E-state index is -0.256. The van der Waals surface area contributed by atoms with Crippen molar-refractivity contribution in [3.63, 3.8) is 0 Å². The molecule has 7 nitrogen and oxygen atoms in total. The molecule has 0 aliphatic carbocycles. The fourth-order valence-electron chi connectivity index (χ4n) is 2.08. The molecule has 1 heterocycles. The van der Waals surface area contributed by atoms with E-state index < -0.39 is 0 Å². The molecular formula is C15H14N4O3. The van der Waals surface area contributed by atoms with E-state index in [9.17, 15) is 4.79 Å². The smallest absolute Gasteiger partial charge is 0.255 e. The third-order valence-electron chi connectivity index (χ3n) is 3.24. The van der Waals surface area contributed by atoms with Crippen LogP contribution < -0.4 is 14.8 Å². The highest BCUT2D eigenvalue weighted by Crippen LogP contribution is 2.29. The Labute approximate surface area is 126 Å². The number of H-pyrrole nitrogens is 1. The van der Waals surface area contributed by atoms with Gasteiger partial charge in [0.25, 0.3) is 5.91 Å². The first-order valence-electron chi connectivity index (χ1n) is 6.55. The monoisotopic (exact) mass is 298 g/mol. The summed E-state index contributed by atoms with van der Waals surface area (Å²) in [6.07, 6.45) is 0. The predicted octanol–water partition coefficient (Wildman–Crippen LogP) is 2.23. The lowest BCUT2D eigenvalue weighted by Crippen LogP contribution is -2.12. The Hall–Kier alpha value is -3.09. The zero-order chi connectivity index (χ0) is 15.5. The van der Waals surface area contributed by atoms with Crippen LogP contribution in [0.3, 0.4) is 0 Å². The van der Waals surface area contributed by atoms with Crippen LogP contribution in [0.25, 0.3) is 11.0 Å². The lowest BCUT2D eigenvalue weighted by Gasteiger charge is -2.11. The van der Waals surface area contributed by atoms with Crippen LogP contribution in [-0.4, -0.2) is 35.5 Å². The average molecular weight is 298 g/mol. The number of aromatic nitrogens is 3. The molecule has 3 aromatic rings. The van der Waals surface area contributed by atoms with E-state index in [0.717, 1.165) is 0 Å². The van der Waals surface area contributed by atoms with Crippen LogP contribution in [0, 0.1) is 0 Å². The zero-order valence-corrected chi connectivity index (χ0v) is 12.1. The molecule has 0 bridgehead atoms. The fourth-order valence-corrected chi connectivity index (χ4v) is 2.08. The van der Waals surface area contributed by atoms with Crippen LogP contribution in [0.15, 0.2) is 36.4 Å². The number of aromatic amines is 1. The molecule has 0 aliphatic rings. The second-order valence-corrected chi connectivity index (χ2v) is 4.55. The normalized spacial score (nSPS) is 10.5. The highest BCUT2D eigenvalue weighted by Gasteiger charge is 2.12. The number of fused-ring (bicyclic) bond motifs is 1. The van der Waals surface area contributed by atoms with Crippen molar-refractivity contribution in [3.8, 4) is 11.5 Å². The molecule has 7 heteroatoms. The van der Waals surface area contributed by atoms with Crippen LogP contribution in [0.2, 0.25) is 0 Å². The van der Waals surface area contributed by atoms with Gasteiger partial charge in [-0.05, 0) is 30.3 Å². The van der Waals surface area contributed by atoms with Crippen molar-refractivity contribution in [2.24, 2.45) is 0 Å². The van der Waals surface area contributed by atoms with Crippen molar-refractivity contribution in [3.05, 3.63) is 42.0 Å². The molecule has 0 radical (unpaired) electrons. The Morgan fingerprint density at radius 3 is 2.64 bits per heavy atom. The number of carbonyl (C=O) groups excluding carboxylic acids is 1. The van der Waals surface area contributed by atoms with Crippen molar-refractivity contribution in [1.82, 2.24) is 15.4 Å². The Bertz CT molecular complexity index is 829. The Morgan fingerprint density at radius 1 is 1.05 bits per heavy atom. The molecule has 3 rings (SSSR count). The molecule has 0 atom stereocenters. The second-order valence-electron chi connectivity index (χ2n) is 4.55. The van der Waals surface area contributed by atoms with Gasteiger partial charge >= 0.3 is 0 Å². The van der Waals surface area contributed by atoms with Crippen LogP contribution in [-0.2, 0) is 0 Å². The molecule has 112 valence electrons. The van der Waals surface area contributed by atoms with Gasteiger partial charge in [0.1, 0.15) is 22.5 Å². The van der Waals surface area contributed by atoms with E-state index in [-0.39, 0.29) is 5.91 Å². The van der Waals surface area contributed by atoms with E-state index >= 15 is 0 Å². The van der Waals surface area contributed by atoms with Crippen molar-refractivity contribution < 1.29 is 14.3 Å². The van der Waals surface area contributed by atoms with Crippen LogP contribution in [0.1, 0.15) is 10.4 Å². The van der Waals surface area contributed by atoms with Crippen LogP contribution in [0.5, 0.6) is 11.5 Å². The minimum absolute atomic E-state index is 0.256. The lowest BCUT2D eigenvalue weighted by atomic mass is 10.2. The summed E-state index contributed by atoms with van der Waals surface area (Å²) in [5.41, 5.74) is 2.39. The highest BCUT2D eigenvalue weighted by atomic mass is 16.5. The fraction of sp³-hybridized carbons (Fsp3) is 0.133. The van der Waals surface area contributed by atoms with Gasteiger partial charge in [-0.25, -0.2) is 0 Å². The van der Waals surface area contributed by atoms with Gasteiger partial charge in [-0.1, -0.05) is 0 Å². The Balaban J connectivity index is 1.87. The van der Waals surface area contributed by atoms with Crippen molar-refractivity contribution in [1.29, 1.82) is 0 Å². The van der Waals surface area contributed by atoms with Gasteiger partial charge in [-0.2, -0.15) is 15.4 Å². The lowest BCUT2D eigenvalue weighted by molar-refractivity contribution is 0.102. The summed E-state index contributed by atoms with van der Waals surface area (Å²) in [7, 11) is 3.10. The maximum absolute atomic E-state index is 12.3. The van der Waals surface area contributed by atoms with Crippen molar-refractivity contribution in [2.75, 3.05) is 19.5 Å². The maximum Gasteiger partial charge on any atom is 0.255 e. The summed E-state index contributed by atoms with van der Waals surface area (Å²) >= 11 is 0. The van der Waals surface area contributed by atoms with Gasteiger partial charge in [0, 0.05) is 11.6 Å². The van der Waals surface area contributed by atoms with Crippen LogP contribution in [0.4, 0.5) is 5.69 Å². The first-order valence-corrected chi connectivity index (χ1v) is 6.55. The quantitative estimate of drug-likeness (QED) is 0.771. The summed E-state index contributed by atoms with van der Waals surface area (Å²) in [6, 6.07) is 10.3. The van der Waals surface area contributed by atoms with Gasteiger partial charge < -0.3 is 14.8 Å². The SMILES string of the molecule is COc1ccc(NC(=O)c2ccc3n[nH]nc3c2)c(OC)c1. The molecule has 0 saturated heterocycles. The summed E-state index contributed by atoms with van der Waals surface area (Å²) in [6.45, 7) is 0. The van der Waals surface area contributed by atoms with Gasteiger partial charge in [-0.3, -0.25) is 4.79 Å². The van der Waals surface area contributed by atoms with E-state index in [0.29, 0.717) is 33.8 Å². The molecular weight excluding hydrogens is 284 g/mol. The van der Waals surface area contributed by atoms with Gasteiger partial charge in [0.2, 0.25) is 0 Å². The number of methoxy groups -OCH3 is 2. The highest BCUT2D eigenvalue weighted by molar-refractivity contribution is 6.06. The molecule has 1 amide bonds. The molecule has 0 fully saturated rings. The minimum Gasteiger partial charge on any atom is -0.497 e. The summed E-state index contributed by atoms with van der Waals surface area (Å²) < 4.78 is 10.4. The number of rotatable bonds is 4. The number of ether oxygens (including phenoxy) is 2. The number of nitrogens with one attached hydrogen (secondary N) is 2. The van der Waals surface area contributed by atoms with E-state index in [1.54, 1.807) is 43.5 Å². The summed E-state index contributed by atoms with van der Waals surface area (Å²) in [4.78, 5) is 12.3. The van der Waals surface area contributed by atoms with Crippen LogP contribution >= 0.6 is 0 Å². The molecule has 2 N–H and O–H groups in total. The van der Waals surface area contributed by atoms with Crippen molar-refractivity contribution >= 4 is 22.6 Å². The molecule has 0 unspecified atom stereocenters. The third-order valence-corrected chi connectivity index (χ3v) is 3.24. The first kappa shape index (κ1) is 13.9. The molecule has 2 aromatic carbocycles. The van der Waals surface area contributed by atoms with Gasteiger partial charge in [0.15, 0.2) is 0 Å². The molecule has 0 spiro atoms. The number of hydrogen-bond acceptors (Lipinski definition) is 5. The number of nitrogens with zero attached hydrogens (tertiary/aromatic N) is 2. The van der Waals surface area contributed by atoms with E-state index in [2.05, 4.69) is 20.7 Å². The average Bonchev–Trinajstić information content (AvgIpc) is 3.02. The molecule has 22 heavy (non-hydrogen) atoms. The number of carbonyl (C=O) groups is 1. The topological polar surface area (TPSA) is 89.1 Å².